The van der Waals surface area contributed by atoms with Gasteiger partial charge in [0.1, 0.15) is 0 Å². The first-order valence-corrected chi connectivity index (χ1v) is 4.98. The summed E-state index contributed by atoms with van der Waals surface area (Å²) in [6.07, 6.45) is 3.44. The average molecular weight is 221 g/mol. The molecule has 0 saturated heterocycles. The van der Waals surface area contributed by atoms with Gasteiger partial charge in [0.25, 0.3) is 5.17 Å². The lowest BCUT2D eigenvalue weighted by molar-refractivity contribution is 0.243. The number of nitrogens with two attached hydrogens (primary N) is 1. The molecule has 4 nitrogen and oxygen atoms in total. The minimum atomic E-state index is 0.0673. The largest absolute Gasteiger partial charge is 0.374 e. The molecule has 0 aliphatic carbocycles. The van der Waals surface area contributed by atoms with Crippen LogP contribution < -0.4 is 16.5 Å². The maximum atomic E-state index is 5.13. The smallest absolute Gasteiger partial charge is 0.286 e. The van der Waals surface area contributed by atoms with Crippen molar-refractivity contribution < 1.29 is 4.84 Å². The van der Waals surface area contributed by atoms with Gasteiger partial charge in [-0.2, -0.15) is 5.48 Å². The highest BCUT2D eigenvalue weighted by atomic mass is 32.1. The van der Waals surface area contributed by atoms with Crippen molar-refractivity contribution in [3.05, 3.63) is 0 Å². The molecule has 0 heterocycles. The quantitative estimate of drug-likeness (QED) is 0.371. The number of hydrogen-bond donors (Lipinski definition) is 3. The predicted molar refractivity (Wildman–Crippen MR) is 61.1 cm³/mol. The second kappa shape index (κ2) is 8.00. The summed E-state index contributed by atoms with van der Waals surface area (Å²) in [5, 5.41) is 3.24. The Labute approximate surface area is 89.2 Å². The van der Waals surface area contributed by atoms with E-state index in [1.165, 1.54) is 12.8 Å². The van der Waals surface area contributed by atoms with Crippen molar-refractivity contribution in [3.63, 3.8) is 0 Å². The van der Waals surface area contributed by atoms with Crippen LogP contribution in [0.3, 0.4) is 0 Å². The number of hydrogen-bond acceptors (Lipinski definition) is 3. The van der Waals surface area contributed by atoms with Crippen molar-refractivity contribution in [3.8, 4) is 0 Å². The van der Waals surface area contributed by atoms with Gasteiger partial charge in [0, 0.05) is 6.54 Å². The molecule has 4 N–H and O–H groups in total. The molecule has 0 aromatic rings. The lowest BCUT2D eigenvalue weighted by atomic mass is 10.2. The molecule has 0 atom stereocenters. The molecule has 0 spiro atoms. The zero-order chi connectivity index (χ0) is 10.1. The van der Waals surface area contributed by atoms with E-state index in [1.807, 2.05) is 0 Å². The second-order valence-electron chi connectivity index (χ2n) is 2.49. The van der Waals surface area contributed by atoms with Crippen molar-refractivity contribution in [1.29, 1.82) is 0 Å². The Hall–Kier alpha value is -0.620. The second-order valence-corrected chi connectivity index (χ2v) is 3.30. The molecule has 0 rings (SSSR count). The summed E-state index contributed by atoms with van der Waals surface area (Å²) in [7, 11) is 0. The van der Waals surface area contributed by atoms with E-state index in [9.17, 15) is 0 Å². The van der Waals surface area contributed by atoms with Crippen LogP contribution in [0.2, 0.25) is 0 Å². The number of nitrogens with one attached hydrogen (secondary N) is 2. The Kier molecular flexibility index (Phi) is 7.62. The van der Waals surface area contributed by atoms with Crippen LogP contribution in [0.25, 0.3) is 0 Å². The zero-order valence-corrected chi connectivity index (χ0v) is 9.26. The lowest BCUT2D eigenvalue weighted by Gasteiger charge is -2.08. The fourth-order valence-corrected chi connectivity index (χ4v) is 0.884. The molecule has 0 saturated carbocycles. The highest BCUT2D eigenvalue weighted by molar-refractivity contribution is 7.80. The number of thiocarbonyl (C=S) groups is 2. The summed E-state index contributed by atoms with van der Waals surface area (Å²) >= 11 is 9.33. The Morgan fingerprint density at radius 1 is 1.38 bits per heavy atom. The third kappa shape index (κ3) is 9.29. The van der Waals surface area contributed by atoms with Crippen LogP contribution in [0.15, 0.2) is 0 Å². The summed E-state index contributed by atoms with van der Waals surface area (Å²) in [6, 6.07) is 0. The van der Waals surface area contributed by atoms with Crippen molar-refractivity contribution in [2.75, 3.05) is 6.54 Å². The van der Waals surface area contributed by atoms with E-state index in [-0.39, 0.29) is 10.3 Å². The van der Waals surface area contributed by atoms with E-state index in [0.29, 0.717) is 0 Å². The summed E-state index contributed by atoms with van der Waals surface area (Å²) in [5.41, 5.74) is 7.42. The van der Waals surface area contributed by atoms with Gasteiger partial charge in [-0.05, 0) is 30.9 Å². The molecule has 0 radical (unpaired) electrons. The SMILES string of the molecule is CCCCCNC(=S)ONC(N)=S. The number of hydroxylamine groups is 1. The molecule has 0 aliphatic rings. The van der Waals surface area contributed by atoms with Gasteiger partial charge in [0.2, 0.25) is 0 Å². The van der Waals surface area contributed by atoms with Gasteiger partial charge in [-0.1, -0.05) is 19.8 Å². The van der Waals surface area contributed by atoms with Gasteiger partial charge in [-0.15, -0.1) is 0 Å². The third-order valence-corrected chi connectivity index (χ3v) is 1.60. The molecule has 13 heavy (non-hydrogen) atoms. The monoisotopic (exact) mass is 221 g/mol. The predicted octanol–water partition coefficient (Wildman–Crippen LogP) is 0.816. The van der Waals surface area contributed by atoms with Crippen LogP contribution in [0, 0.1) is 0 Å². The number of rotatable bonds is 4. The topological polar surface area (TPSA) is 59.3 Å². The van der Waals surface area contributed by atoms with E-state index < -0.39 is 0 Å². The summed E-state index contributed by atoms with van der Waals surface area (Å²) in [4.78, 5) is 4.79. The van der Waals surface area contributed by atoms with Gasteiger partial charge in [-0.3, -0.25) is 0 Å². The van der Waals surface area contributed by atoms with Gasteiger partial charge in [0.05, 0.1) is 0 Å². The van der Waals surface area contributed by atoms with E-state index in [4.69, 9.17) is 22.8 Å². The Morgan fingerprint density at radius 2 is 2.08 bits per heavy atom. The van der Waals surface area contributed by atoms with Crippen LogP contribution in [0.1, 0.15) is 26.2 Å². The Bertz CT molecular complexity index is 175. The van der Waals surface area contributed by atoms with Gasteiger partial charge in [-0.25, -0.2) is 0 Å². The molecular formula is C7H15N3OS2. The fraction of sp³-hybridized carbons (Fsp3) is 0.714. The Morgan fingerprint density at radius 3 is 2.62 bits per heavy atom. The van der Waals surface area contributed by atoms with Gasteiger partial charge in [0.15, 0.2) is 5.11 Å². The molecule has 0 bridgehead atoms. The summed E-state index contributed by atoms with van der Waals surface area (Å²) in [5.74, 6) is 0. The molecule has 0 aromatic carbocycles. The average Bonchev–Trinajstić information content (AvgIpc) is 2.09. The van der Waals surface area contributed by atoms with E-state index in [0.717, 1.165) is 13.0 Å². The molecule has 0 unspecified atom stereocenters. The molecule has 0 aliphatic heterocycles. The maximum Gasteiger partial charge on any atom is 0.286 e. The van der Waals surface area contributed by atoms with Gasteiger partial charge < -0.3 is 15.9 Å². The molecule has 6 heteroatoms. The molecule has 0 amide bonds. The van der Waals surface area contributed by atoms with Crippen molar-refractivity contribution >= 4 is 34.7 Å². The van der Waals surface area contributed by atoms with Crippen LogP contribution in [-0.4, -0.2) is 16.8 Å². The summed E-state index contributed by atoms with van der Waals surface area (Å²) in [6.45, 7) is 2.95. The standard InChI is InChI=1S/C7H15N3OS2/c1-2-3-4-5-9-7(13)11-10-6(8)12/h2-5H2,1H3,(H,9,13)(H3,8,10,12). The lowest BCUT2D eigenvalue weighted by Crippen LogP contribution is -2.36. The highest BCUT2D eigenvalue weighted by Gasteiger charge is 1.95. The zero-order valence-electron chi connectivity index (χ0n) is 7.63. The third-order valence-electron chi connectivity index (χ3n) is 1.29. The van der Waals surface area contributed by atoms with Crippen LogP contribution in [0.5, 0.6) is 0 Å². The first kappa shape index (κ1) is 12.4. The minimum Gasteiger partial charge on any atom is -0.374 e. The Balaban J connectivity index is 3.25. The van der Waals surface area contributed by atoms with Crippen LogP contribution >= 0.6 is 24.4 Å². The van der Waals surface area contributed by atoms with Crippen LogP contribution in [-0.2, 0) is 4.84 Å². The van der Waals surface area contributed by atoms with Crippen molar-refractivity contribution in [2.45, 2.75) is 26.2 Å². The maximum absolute atomic E-state index is 5.13. The molecule has 0 fully saturated rings. The minimum absolute atomic E-state index is 0.0673. The first-order chi connectivity index (χ1) is 6.16. The molecule has 76 valence electrons. The van der Waals surface area contributed by atoms with Crippen LogP contribution in [0.4, 0.5) is 0 Å². The summed E-state index contributed by atoms with van der Waals surface area (Å²) < 4.78 is 0. The van der Waals surface area contributed by atoms with E-state index >= 15 is 0 Å². The molecular weight excluding hydrogens is 206 g/mol. The van der Waals surface area contributed by atoms with Crippen molar-refractivity contribution in [2.24, 2.45) is 5.73 Å². The molecule has 0 aromatic heterocycles. The van der Waals surface area contributed by atoms with Crippen molar-refractivity contribution in [1.82, 2.24) is 10.8 Å². The highest BCUT2D eigenvalue weighted by Crippen LogP contribution is 1.91. The van der Waals surface area contributed by atoms with Gasteiger partial charge >= 0.3 is 0 Å². The normalized spacial score (nSPS) is 9.00. The van der Waals surface area contributed by atoms with E-state index in [1.54, 1.807) is 0 Å². The van der Waals surface area contributed by atoms with E-state index in [2.05, 4.69) is 29.9 Å². The number of unbranched alkanes of at least 4 members (excludes halogenated alkanes) is 2. The fourth-order valence-electron chi connectivity index (χ4n) is 0.698. The first-order valence-electron chi connectivity index (χ1n) is 4.17.